The molecule has 0 N–H and O–H groups in total. The lowest BCUT2D eigenvalue weighted by Crippen LogP contribution is -2.52. The van der Waals surface area contributed by atoms with Crippen LogP contribution in [0, 0.1) is 0 Å². The fourth-order valence-electron chi connectivity index (χ4n) is 1.37. The molecular formula is C9H16N2O2S. The average molecular weight is 216 g/mol. The predicted molar refractivity (Wildman–Crippen MR) is 57.2 cm³/mol. The van der Waals surface area contributed by atoms with Crippen LogP contribution in [0.2, 0.25) is 0 Å². The van der Waals surface area contributed by atoms with Gasteiger partial charge < -0.3 is 9.80 Å². The molecule has 1 aliphatic rings. The van der Waals surface area contributed by atoms with Gasteiger partial charge in [-0.15, -0.1) is 0 Å². The van der Waals surface area contributed by atoms with Crippen LogP contribution in [-0.4, -0.2) is 60.3 Å². The number of carbonyl (C=O) groups excluding carboxylic acids is 2. The van der Waals surface area contributed by atoms with Crippen molar-refractivity contribution in [2.75, 3.05) is 38.7 Å². The van der Waals surface area contributed by atoms with Gasteiger partial charge in [0.2, 0.25) is 11.8 Å². The second-order valence-corrected chi connectivity index (χ2v) is 4.40. The summed E-state index contributed by atoms with van der Waals surface area (Å²) in [7, 11) is 1.67. The predicted octanol–water partition coefficient (Wildman–Crippen LogP) is 0.0401. The van der Waals surface area contributed by atoms with Gasteiger partial charge in [-0.1, -0.05) is 0 Å². The number of nitrogens with zero attached hydrogens (tertiary/aromatic N) is 2. The molecule has 0 atom stereocenters. The molecule has 0 saturated carbocycles. The Morgan fingerprint density at radius 2 is 2.00 bits per heavy atom. The zero-order valence-electron chi connectivity index (χ0n) is 8.65. The van der Waals surface area contributed by atoms with Gasteiger partial charge in [0.15, 0.2) is 0 Å². The van der Waals surface area contributed by atoms with Crippen molar-refractivity contribution in [2.24, 2.45) is 0 Å². The van der Waals surface area contributed by atoms with E-state index >= 15 is 0 Å². The summed E-state index contributed by atoms with van der Waals surface area (Å²) >= 11 is 1.76. The minimum Gasteiger partial charge on any atom is -0.335 e. The maximum atomic E-state index is 11.5. The number of amides is 2. The lowest BCUT2D eigenvalue weighted by molar-refractivity contribution is -0.148. The minimum atomic E-state index is 0.0359. The molecule has 0 aromatic rings. The molecule has 5 heteroatoms. The van der Waals surface area contributed by atoms with E-state index in [1.54, 1.807) is 23.7 Å². The van der Waals surface area contributed by atoms with Crippen LogP contribution in [0.25, 0.3) is 0 Å². The summed E-state index contributed by atoms with van der Waals surface area (Å²) in [5.74, 6) is 1.13. The van der Waals surface area contributed by atoms with Crippen LogP contribution in [0.1, 0.15) is 6.42 Å². The zero-order valence-corrected chi connectivity index (χ0v) is 9.47. The van der Waals surface area contributed by atoms with E-state index in [-0.39, 0.29) is 24.9 Å². The van der Waals surface area contributed by atoms with Crippen LogP contribution in [0.3, 0.4) is 0 Å². The van der Waals surface area contributed by atoms with Crippen molar-refractivity contribution >= 4 is 23.6 Å². The van der Waals surface area contributed by atoms with Crippen molar-refractivity contribution in [2.45, 2.75) is 6.42 Å². The van der Waals surface area contributed by atoms with Gasteiger partial charge in [0, 0.05) is 13.6 Å². The molecule has 0 spiro atoms. The van der Waals surface area contributed by atoms with Gasteiger partial charge in [-0.25, -0.2) is 0 Å². The molecule has 1 fully saturated rings. The summed E-state index contributed by atoms with van der Waals surface area (Å²) in [5.41, 5.74) is 0. The third kappa shape index (κ3) is 2.90. The quantitative estimate of drug-likeness (QED) is 0.623. The van der Waals surface area contributed by atoms with E-state index in [2.05, 4.69) is 0 Å². The van der Waals surface area contributed by atoms with Crippen molar-refractivity contribution in [3.05, 3.63) is 0 Å². The molecule has 0 aliphatic carbocycles. The number of piperazine rings is 1. The van der Waals surface area contributed by atoms with Gasteiger partial charge in [-0.2, -0.15) is 11.8 Å². The van der Waals surface area contributed by atoms with Crippen molar-refractivity contribution in [1.29, 1.82) is 0 Å². The molecule has 1 saturated heterocycles. The topological polar surface area (TPSA) is 40.6 Å². The maximum Gasteiger partial charge on any atom is 0.242 e. The van der Waals surface area contributed by atoms with E-state index in [9.17, 15) is 9.59 Å². The number of carbonyl (C=O) groups is 2. The second kappa shape index (κ2) is 5.24. The van der Waals surface area contributed by atoms with Gasteiger partial charge in [0.1, 0.15) is 0 Å². The Morgan fingerprint density at radius 3 is 2.64 bits per heavy atom. The molecule has 0 aromatic carbocycles. The summed E-state index contributed by atoms with van der Waals surface area (Å²) in [6.45, 7) is 1.20. The Hall–Kier alpha value is -0.710. The van der Waals surface area contributed by atoms with E-state index in [1.165, 1.54) is 4.90 Å². The summed E-state index contributed by atoms with van der Waals surface area (Å²) in [5, 5.41) is 0. The molecule has 1 heterocycles. The third-order valence-corrected chi connectivity index (χ3v) is 2.95. The van der Waals surface area contributed by atoms with Crippen LogP contribution in [0.4, 0.5) is 0 Å². The Kier molecular flexibility index (Phi) is 4.25. The first-order valence-corrected chi connectivity index (χ1v) is 6.05. The minimum absolute atomic E-state index is 0.0359. The molecule has 0 radical (unpaired) electrons. The number of hydrogen-bond acceptors (Lipinski definition) is 3. The van der Waals surface area contributed by atoms with Crippen molar-refractivity contribution < 1.29 is 9.59 Å². The molecule has 4 nitrogen and oxygen atoms in total. The van der Waals surface area contributed by atoms with Gasteiger partial charge in [0.05, 0.1) is 13.1 Å². The van der Waals surface area contributed by atoms with Gasteiger partial charge in [-0.05, 0) is 18.4 Å². The highest BCUT2D eigenvalue weighted by Gasteiger charge is 2.26. The third-order valence-electron chi connectivity index (χ3n) is 2.25. The molecule has 80 valence electrons. The highest BCUT2D eigenvalue weighted by atomic mass is 32.2. The fourth-order valence-corrected chi connectivity index (χ4v) is 1.78. The highest BCUT2D eigenvalue weighted by molar-refractivity contribution is 7.98. The van der Waals surface area contributed by atoms with E-state index in [1.807, 2.05) is 6.26 Å². The number of thioether (sulfide) groups is 1. The van der Waals surface area contributed by atoms with Crippen LogP contribution >= 0.6 is 11.8 Å². The molecule has 0 unspecified atom stereocenters. The van der Waals surface area contributed by atoms with Crippen LogP contribution in [-0.2, 0) is 9.59 Å². The Bertz CT molecular complexity index is 233. The van der Waals surface area contributed by atoms with E-state index < -0.39 is 0 Å². The first-order valence-electron chi connectivity index (χ1n) is 4.66. The van der Waals surface area contributed by atoms with E-state index in [0.29, 0.717) is 6.54 Å². The SMILES string of the molecule is CSCCCN1CC(=O)N(C)CC1=O. The molecule has 0 bridgehead atoms. The van der Waals surface area contributed by atoms with Crippen LogP contribution in [0.5, 0.6) is 0 Å². The average Bonchev–Trinajstić information content (AvgIpc) is 2.14. The van der Waals surface area contributed by atoms with Crippen LogP contribution < -0.4 is 0 Å². The second-order valence-electron chi connectivity index (χ2n) is 3.41. The molecule has 2 amide bonds. The molecule has 1 aliphatic heterocycles. The van der Waals surface area contributed by atoms with Gasteiger partial charge in [0.25, 0.3) is 0 Å². The largest absolute Gasteiger partial charge is 0.335 e. The summed E-state index contributed by atoms with van der Waals surface area (Å²) in [6.07, 6.45) is 3.00. The zero-order chi connectivity index (χ0) is 10.6. The highest BCUT2D eigenvalue weighted by Crippen LogP contribution is 2.05. The van der Waals surface area contributed by atoms with Gasteiger partial charge >= 0.3 is 0 Å². The number of rotatable bonds is 4. The Balaban J connectivity index is 2.37. The maximum absolute atomic E-state index is 11.5. The molecule has 14 heavy (non-hydrogen) atoms. The summed E-state index contributed by atoms with van der Waals surface area (Å²) in [6, 6.07) is 0. The van der Waals surface area contributed by atoms with Gasteiger partial charge in [-0.3, -0.25) is 9.59 Å². The van der Waals surface area contributed by atoms with Crippen LogP contribution in [0.15, 0.2) is 0 Å². The lowest BCUT2D eigenvalue weighted by Gasteiger charge is -2.31. The first kappa shape index (κ1) is 11.4. The Morgan fingerprint density at radius 1 is 1.29 bits per heavy atom. The monoisotopic (exact) mass is 216 g/mol. The Labute approximate surface area is 88.6 Å². The fraction of sp³-hybridized carbons (Fsp3) is 0.778. The normalized spacial score (nSPS) is 17.9. The first-order chi connectivity index (χ1) is 6.65. The molecule has 0 aromatic heterocycles. The standard InChI is InChI=1S/C9H16N2O2S/c1-10-6-9(13)11(7-8(10)12)4-3-5-14-2/h3-7H2,1-2H3. The number of hydrogen-bond donors (Lipinski definition) is 0. The van der Waals surface area contributed by atoms with E-state index in [0.717, 1.165) is 12.2 Å². The molecule has 1 rings (SSSR count). The smallest absolute Gasteiger partial charge is 0.242 e. The lowest BCUT2D eigenvalue weighted by atomic mass is 10.3. The summed E-state index contributed by atoms with van der Waals surface area (Å²) in [4.78, 5) is 25.9. The van der Waals surface area contributed by atoms with E-state index in [4.69, 9.17) is 0 Å². The van der Waals surface area contributed by atoms with Crippen molar-refractivity contribution in [3.63, 3.8) is 0 Å². The number of likely N-dealkylation sites (N-methyl/N-ethyl adjacent to an activating group) is 1. The van der Waals surface area contributed by atoms with Crippen molar-refractivity contribution in [1.82, 2.24) is 9.80 Å². The molecular weight excluding hydrogens is 200 g/mol. The van der Waals surface area contributed by atoms with Crippen molar-refractivity contribution in [3.8, 4) is 0 Å². The summed E-state index contributed by atoms with van der Waals surface area (Å²) < 4.78 is 0.